The maximum absolute atomic E-state index is 12.3. The number of sulfonamides is 1. The van der Waals surface area contributed by atoms with Crippen LogP contribution in [-0.4, -0.2) is 32.8 Å². The van der Waals surface area contributed by atoms with Gasteiger partial charge in [-0.05, 0) is 51.0 Å². The maximum atomic E-state index is 12.3. The van der Waals surface area contributed by atoms with Gasteiger partial charge in [0.2, 0.25) is 10.0 Å². The molecule has 18 heavy (non-hydrogen) atoms. The van der Waals surface area contributed by atoms with Gasteiger partial charge in [0.25, 0.3) is 0 Å². The summed E-state index contributed by atoms with van der Waals surface area (Å²) in [6.45, 7) is 3.79. The molecule has 0 aromatic heterocycles. The van der Waals surface area contributed by atoms with Gasteiger partial charge < -0.3 is 5.32 Å². The van der Waals surface area contributed by atoms with Crippen molar-refractivity contribution in [3.63, 3.8) is 0 Å². The van der Waals surface area contributed by atoms with Crippen molar-refractivity contribution in [3.8, 4) is 0 Å². The summed E-state index contributed by atoms with van der Waals surface area (Å²) in [6.07, 6.45) is 7.36. The highest BCUT2D eigenvalue weighted by Crippen LogP contribution is 2.27. The largest absolute Gasteiger partial charge is 0.315 e. The molecule has 1 atom stereocenters. The van der Waals surface area contributed by atoms with Crippen molar-refractivity contribution < 1.29 is 8.42 Å². The molecule has 2 rings (SSSR count). The minimum absolute atomic E-state index is 0.180. The fraction of sp³-hybridized carbons (Fsp3) is 1.00. The van der Waals surface area contributed by atoms with E-state index in [0.29, 0.717) is 6.54 Å². The second-order valence-corrected chi connectivity index (χ2v) is 7.75. The van der Waals surface area contributed by atoms with Crippen LogP contribution in [0, 0.1) is 5.92 Å². The summed E-state index contributed by atoms with van der Waals surface area (Å²) in [5, 5.41) is 2.95. The fourth-order valence-corrected chi connectivity index (χ4v) is 4.81. The van der Waals surface area contributed by atoms with Crippen LogP contribution >= 0.6 is 0 Å². The second kappa shape index (κ2) is 6.35. The number of nitrogens with one attached hydrogen (secondary N) is 2. The lowest BCUT2D eigenvalue weighted by Gasteiger charge is -2.30. The molecule has 1 aliphatic carbocycles. The topological polar surface area (TPSA) is 58.2 Å². The standard InChI is InChI=1S/C13H26N2O2S/c1-2-11-5-7-12(8-6-11)15-18(16,17)13-4-3-9-14-10-13/h11-15H,2-10H2,1H3. The van der Waals surface area contributed by atoms with E-state index in [2.05, 4.69) is 17.0 Å². The highest BCUT2D eigenvalue weighted by molar-refractivity contribution is 7.90. The summed E-state index contributed by atoms with van der Waals surface area (Å²) in [4.78, 5) is 0. The Morgan fingerprint density at radius 2 is 1.89 bits per heavy atom. The molecule has 4 nitrogen and oxygen atoms in total. The first-order valence-corrected chi connectivity index (χ1v) is 8.88. The Morgan fingerprint density at radius 3 is 2.44 bits per heavy atom. The maximum Gasteiger partial charge on any atom is 0.215 e. The van der Waals surface area contributed by atoms with Gasteiger partial charge in [0.1, 0.15) is 0 Å². The van der Waals surface area contributed by atoms with E-state index in [9.17, 15) is 8.42 Å². The lowest BCUT2D eigenvalue weighted by atomic mass is 9.85. The molecule has 2 N–H and O–H groups in total. The van der Waals surface area contributed by atoms with E-state index < -0.39 is 10.0 Å². The molecule has 0 amide bonds. The third kappa shape index (κ3) is 3.68. The average molecular weight is 274 g/mol. The van der Waals surface area contributed by atoms with Gasteiger partial charge in [-0.1, -0.05) is 13.3 Å². The Morgan fingerprint density at radius 1 is 1.17 bits per heavy atom. The van der Waals surface area contributed by atoms with E-state index in [1.807, 2.05) is 0 Å². The molecule has 1 saturated carbocycles. The molecule has 2 aliphatic rings. The molecular formula is C13H26N2O2S. The van der Waals surface area contributed by atoms with Crippen LogP contribution in [0.5, 0.6) is 0 Å². The first-order valence-electron chi connectivity index (χ1n) is 7.33. The number of hydrogen-bond donors (Lipinski definition) is 2. The van der Waals surface area contributed by atoms with E-state index >= 15 is 0 Å². The molecule has 2 fully saturated rings. The zero-order valence-corrected chi connectivity index (χ0v) is 12.1. The zero-order chi connectivity index (χ0) is 13.0. The van der Waals surface area contributed by atoms with Crippen molar-refractivity contribution in [2.45, 2.75) is 63.2 Å². The van der Waals surface area contributed by atoms with E-state index in [0.717, 1.165) is 38.1 Å². The van der Waals surface area contributed by atoms with Gasteiger partial charge in [-0.15, -0.1) is 0 Å². The quantitative estimate of drug-likeness (QED) is 0.819. The Hall–Kier alpha value is -0.130. The van der Waals surface area contributed by atoms with Crippen LogP contribution in [0.1, 0.15) is 51.9 Å². The highest BCUT2D eigenvalue weighted by atomic mass is 32.2. The third-order valence-electron chi connectivity index (χ3n) is 4.45. The van der Waals surface area contributed by atoms with Gasteiger partial charge in [-0.3, -0.25) is 0 Å². The molecular weight excluding hydrogens is 248 g/mol. The van der Waals surface area contributed by atoms with E-state index in [1.165, 1.54) is 19.3 Å². The normalized spacial score (nSPS) is 34.4. The Balaban J connectivity index is 1.84. The van der Waals surface area contributed by atoms with Gasteiger partial charge in [-0.2, -0.15) is 0 Å². The second-order valence-electron chi connectivity index (χ2n) is 5.76. The minimum atomic E-state index is -3.12. The molecule has 0 radical (unpaired) electrons. The molecule has 0 aromatic rings. The minimum Gasteiger partial charge on any atom is -0.315 e. The van der Waals surface area contributed by atoms with Crippen LogP contribution in [0.4, 0.5) is 0 Å². The van der Waals surface area contributed by atoms with Crippen molar-refractivity contribution in [1.82, 2.24) is 10.0 Å². The molecule has 106 valence electrons. The smallest absolute Gasteiger partial charge is 0.215 e. The molecule has 5 heteroatoms. The summed E-state index contributed by atoms with van der Waals surface area (Å²) in [5.74, 6) is 0.808. The van der Waals surface area contributed by atoms with Crippen molar-refractivity contribution in [2.75, 3.05) is 13.1 Å². The Bertz CT molecular complexity index is 342. The number of piperidine rings is 1. The number of rotatable bonds is 4. The van der Waals surface area contributed by atoms with Gasteiger partial charge in [0, 0.05) is 12.6 Å². The summed E-state index contributed by atoms with van der Waals surface area (Å²) in [5.41, 5.74) is 0. The Labute approximate surface area is 111 Å². The van der Waals surface area contributed by atoms with Crippen LogP contribution < -0.4 is 10.0 Å². The van der Waals surface area contributed by atoms with Crippen LogP contribution in [0.2, 0.25) is 0 Å². The fourth-order valence-electron chi connectivity index (χ4n) is 3.10. The molecule has 0 aromatic carbocycles. The molecule has 1 heterocycles. The average Bonchev–Trinajstić information content (AvgIpc) is 2.40. The molecule has 1 aliphatic heterocycles. The van der Waals surface area contributed by atoms with E-state index in [-0.39, 0.29) is 11.3 Å². The molecule has 1 saturated heterocycles. The van der Waals surface area contributed by atoms with Gasteiger partial charge in [0.05, 0.1) is 5.25 Å². The predicted octanol–water partition coefficient (Wildman–Crippen LogP) is 1.63. The SMILES string of the molecule is CCC1CCC(NS(=O)(=O)C2CCCNC2)CC1. The van der Waals surface area contributed by atoms with Crippen molar-refractivity contribution in [3.05, 3.63) is 0 Å². The molecule has 0 bridgehead atoms. The summed E-state index contributed by atoms with van der Waals surface area (Å²) in [7, 11) is -3.12. The first kappa shape index (κ1) is 14.3. The predicted molar refractivity (Wildman–Crippen MR) is 74.0 cm³/mol. The zero-order valence-electron chi connectivity index (χ0n) is 11.3. The van der Waals surface area contributed by atoms with Gasteiger partial charge in [0.15, 0.2) is 0 Å². The van der Waals surface area contributed by atoms with Crippen molar-refractivity contribution in [1.29, 1.82) is 0 Å². The van der Waals surface area contributed by atoms with Crippen LogP contribution in [-0.2, 0) is 10.0 Å². The first-order chi connectivity index (χ1) is 8.62. The monoisotopic (exact) mass is 274 g/mol. The third-order valence-corrected chi connectivity index (χ3v) is 6.39. The highest BCUT2D eigenvalue weighted by Gasteiger charge is 2.30. The van der Waals surface area contributed by atoms with E-state index in [1.54, 1.807) is 0 Å². The van der Waals surface area contributed by atoms with Gasteiger partial charge in [-0.25, -0.2) is 13.1 Å². The van der Waals surface area contributed by atoms with Crippen molar-refractivity contribution >= 4 is 10.0 Å². The lowest BCUT2D eigenvalue weighted by Crippen LogP contribution is -2.48. The summed E-state index contributed by atoms with van der Waals surface area (Å²) in [6, 6.07) is 0.180. The van der Waals surface area contributed by atoms with Gasteiger partial charge >= 0.3 is 0 Å². The molecule has 1 unspecified atom stereocenters. The van der Waals surface area contributed by atoms with E-state index in [4.69, 9.17) is 0 Å². The summed E-state index contributed by atoms with van der Waals surface area (Å²) >= 11 is 0. The lowest BCUT2D eigenvalue weighted by molar-refractivity contribution is 0.305. The van der Waals surface area contributed by atoms with Crippen molar-refractivity contribution in [2.24, 2.45) is 5.92 Å². The Kier molecular flexibility index (Phi) is 5.04. The van der Waals surface area contributed by atoms with Crippen LogP contribution in [0.15, 0.2) is 0 Å². The van der Waals surface area contributed by atoms with Crippen LogP contribution in [0.3, 0.4) is 0 Å². The molecule has 0 spiro atoms. The number of hydrogen-bond acceptors (Lipinski definition) is 3. The summed E-state index contributed by atoms with van der Waals surface area (Å²) < 4.78 is 27.4. The van der Waals surface area contributed by atoms with Crippen LogP contribution in [0.25, 0.3) is 0 Å².